The molecule has 0 amide bonds. The zero-order chi connectivity index (χ0) is 16.1. The molecule has 0 saturated carbocycles. The zero-order valence-electron chi connectivity index (χ0n) is 12.8. The van der Waals surface area contributed by atoms with Crippen LogP contribution >= 0.6 is 11.6 Å². The van der Waals surface area contributed by atoms with Crippen LogP contribution in [0.5, 0.6) is 0 Å². The first kappa shape index (κ1) is 13.6. The number of furan rings is 1. The second-order valence-corrected chi connectivity index (χ2v) is 6.28. The third-order valence-electron chi connectivity index (χ3n) is 4.54. The highest BCUT2D eigenvalue weighted by atomic mass is 35.5. The van der Waals surface area contributed by atoms with Gasteiger partial charge in [-0.2, -0.15) is 0 Å². The average Bonchev–Trinajstić information content (AvgIpc) is 3.02. The van der Waals surface area contributed by atoms with Crippen LogP contribution in [0.1, 0.15) is 0 Å². The van der Waals surface area contributed by atoms with E-state index >= 15 is 0 Å². The minimum absolute atomic E-state index is 0.755. The van der Waals surface area contributed by atoms with Crippen LogP contribution in [-0.4, -0.2) is 0 Å². The molecule has 0 aliphatic heterocycles. The normalized spacial score (nSPS) is 11.5. The summed E-state index contributed by atoms with van der Waals surface area (Å²) in [5.74, 6) is 0. The number of para-hydroxylation sites is 1. The summed E-state index contributed by atoms with van der Waals surface area (Å²) in [5.41, 5.74) is 3.95. The fraction of sp³-hybridized carbons (Fsp3) is 0. The fourth-order valence-electron chi connectivity index (χ4n) is 3.48. The van der Waals surface area contributed by atoms with Crippen LogP contribution in [-0.2, 0) is 0 Å². The highest BCUT2D eigenvalue weighted by Gasteiger charge is 2.19. The van der Waals surface area contributed by atoms with Crippen LogP contribution in [0.15, 0.2) is 83.3 Å². The van der Waals surface area contributed by atoms with E-state index < -0.39 is 0 Å². The molecule has 1 aromatic heterocycles. The lowest BCUT2D eigenvalue weighted by molar-refractivity contribution is 0.670. The molecule has 0 unspecified atom stereocenters. The van der Waals surface area contributed by atoms with Crippen molar-refractivity contribution in [3.63, 3.8) is 0 Å². The van der Waals surface area contributed by atoms with Gasteiger partial charge in [0.25, 0.3) is 0 Å². The Hall–Kier alpha value is -2.77. The molecule has 0 bridgehead atoms. The van der Waals surface area contributed by atoms with Gasteiger partial charge in [0.15, 0.2) is 0 Å². The van der Waals surface area contributed by atoms with Crippen molar-refractivity contribution >= 4 is 44.3 Å². The van der Waals surface area contributed by atoms with E-state index in [1.54, 1.807) is 0 Å². The Morgan fingerprint density at radius 2 is 1.25 bits per heavy atom. The molecule has 24 heavy (non-hydrogen) atoms. The first-order chi connectivity index (χ1) is 11.8. The summed E-state index contributed by atoms with van der Waals surface area (Å²) in [7, 11) is 0. The standard InChI is InChI=1S/C22H13ClO/c23-21-16-11-5-4-10-15(16)19(14-8-2-1-3-9-14)22-20(21)17-12-6-7-13-18(17)24-22/h1-13H. The lowest BCUT2D eigenvalue weighted by Gasteiger charge is -2.10. The molecule has 1 heterocycles. The van der Waals surface area contributed by atoms with E-state index in [1.807, 2.05) is 48.5 Å². The van der Waals surface area contributed by atoms with Gasteiger partial charge in [-0.25, -0.2) is 0 Å². The van der Waals surface area contributed by atoms with Crippen LogP contribution < -0.4 is 0 Å². The van der Waals surface area contributed by atoms with Crippen LogP contribution in [0.2, 0.25) is 5.02 Å². The van der Waals surface area contributed by atoms with Crippen LogP contribution in [0, 0.1) is 0 Å². The number of fused-ring (bicyclic) bond motifs is 4. The highest BCUT2D eigenvalue weighted by molar-refractivity contribution is 6.44. The van der Waals surface area contributed by atoms with Crippen molar-refractivity contribution < 1.29 is 4.42 Å². The van der Waals surface area contributed by atoms with Gasteiger partial charge in [-0.1, -0.05) is 84.4 Å². The molecule has 5 rings (SSSR count). The summed E-state index contributed by atoms with van der Waals surface area (Å²) in [6, 6.07) is 26.7. The molecule has 114 valence electrons. The second-order valence-electron chi connectivity index (χ2n) is 5.90. The minimum atomic E-state index is 0.755. The molecule has 1 nitrogen and oxygen atoms in total. The first-order valence-electron chi connectivity index (χ1n) is 7.91. The Bertz CT molecular complexity index is 1200. The maximum Gasteiger partial charge on any atom is 0.145 e. The summed E-state index contributed by atoms with van der Waals surface area (Å²) >= 11 is 6.79. The predicted molar refractivity (Wildman–Crippen MR) is 102 cm³/mol. The van der Waals surface area contributed by atoms with Crippen molar-refractivity contribution in [1.29, 1.82) is 0 Å². The topological polar surface area (TPSA) is 13.1 Å². The Morgan fingerprint density at radius 3 is 2.04 bits per heavy atom. The number of rotatable bonds is 1. The van der Waals surface area contributed by atoms with E-state index in [1.165, 1.54) is 0 Å². The van der Waals surface area contributed by atoms with E-state index in [9.17, 15) is 0 Å². The van der Waals surface area contributed by atoms with E-state index in [-0.39, 0.29) is 0 Å². The SMILES string of the molecule is Clc1c2ccccc2c(-c2ccccc2)c2oc3ccccc3c12. The maximum absolute atomic E-state index is 6.79. The largest absolute Gasteiger partial charge is 0.455 e. The van der Waals surface area contributed by atoms with Crippen molar-refractivity contribution in [2.45, 2.75) is 0 Å². The van der Waals surface area contributed by atoms with Gasteiger partial charge >= 0.3 is 0 Å². The fourth-order valence-corrected chi connectivity index (χ4v) is 3.83. The third-order valence-corrected chi connectivity index (χ3v) is 4.93. The molecule has 0 atom stereocenters. The molecule has 0 aliphatic rings. The molecule has 0 saturated heterocycles. The smallest absolute Gasteiger partial charge is 0.145 e. The first-order valence-corrected chi connectivity index (χ1v) is 8.29. The van der Waals surface area contributed by atoms with Crippen LogP contribution in [0.3, 0.4) is 0 Å². The molecule has 0 radical (unpaired) electrons. The van der Waals surface area contributed by atoms with E-state index in [2.05, 4.69) is 30.3 Å². The van der Waals surface area contributed by atoms with Gasteiger partial charge in [0, 0.05) is 21.7 Å². The minimum Gasteiger partial charge on any atom is -0.455 e. The molecule has 0 spiro atoms. The molecule has 4 aromatic carbocycles. The molecular weight excluding hydrogens is 316 g/mol. The lowest BCUT2D eigenvalue weighted by atomic mass is 9.95. The van der Waals surface area contributed by atoms with Crippen molar-refractivity contribution in [2.24, 2.45) is 0 Å². The van der Waals surface area contributed by atoms with Crippen LogP contribution in [0.4, 0.5) is 0 Å². The van der Waals surface area contributed by atoms with E-state index in [0.29, 0.717) is 0 Å². The highest BCUT2D eigenvalue weighted by Crippen LogP contribution is 2.45. The molecule has 0 aliphatic carbocycles. The van der Waals surface area contributed by atoms with Gasteiger partial charge in [0.05, 0.1) is 5.02 Å². The number of hydrogen-bond acceptors (Lipinski definition) is 1. The number of halogens is 1. The number of hydrogen-bond donors (Lipinski definition) is 0. The summed E-state index contributed by atoms with van der Waals surface area (Å²) in [6.45, 7) is 0. The summed E-state index contributed by atoms with van der Waals surface area (Å²) in [6.07, 6.45) is 0. The van der Waals surface area contributed by atoms with E-state index in [0.717, 1.165) is 48.9 Å². The molecular formula is C22H13ClO. The van der Waals surface area contributed by atoms with Crippen molar-refractivity contribution in [3.8, 4) is 11.1 Å². The Morgan fingerprint density at radius 1 is 0.625 bits per heavy atom. The lowest BCUT2D eigenvalue weighted by Crippen LogP contribution is -1.84. The predicted octanol–water partition coefficient (Wildman–Crippen LogP) is 7.06. The third kappa shape index (κ3) is 1.82. The van der Waals surface area contributed by atoms with Gasteiger partial charge in [-0.15, -0.1) is 0 Å². The van der Waals surface area contributed by atoms with Gasteiger partial charge in [0.2, 0.25) is 0 Å². The van der Waals surface area contributed by atoms with Crippen molar-refractivity contribution in [2.75, 3.05) is 0 Å². The summed E-state index contributed by atoms with van der Waals surface area (Å²) < 4.78 is 6.24. The Kier molecular flexibility index (Phi) is 2.91. The Balaban J connectivity index is 2.10. The van der Waals surface area contributed by atoms with Gasteiger partial charge in [0.1, 0.15) is 11.2 Å². The summed E-state index contributed by atoms with van der Waals surface area (Å²) in [4.78, 5) is 0. The molecule has 5 aromatic rings. The number of benzene rings is 4. The zero-order valence-corrected chi connectivity index (χ0v) is 13.5. The quantitative estimate of drug-likeness (QED) is 0.321. The maximum atomic E-state index is 6.79. The molecule has 2 heteroatoms. The van der Waals surface area contributed by atoms with Gasteiger partial charge in [-0.3, -0.25) is 0 Å². The van der Waals surface area contributed by atoms with Crippen molar-refractivity contribution in [1.82, 2.24) is 0 Å². The van der Waals surface area contributed by atoms with Gasteiger partial charge < -0.3 is 4.42 Å². The van der Waals surface area contributed by atoms with Crippen LogP contribution in [0.25, 0.3) is 43.8 Å². The molecule has 0 N–H and O–H groups in total. The van der Waals surface area contributed by atoms with Crippen molar-refractivity contribution in [3.05, 3.63) is 83.9 Å². The summed E-state index contributed by atoms with van der Waals surface area (Å²) in [5, 5.41) is 4.97. The Labute approximate surface area is 144 Å². The van der Waals surface area contributed by atoms with E-state index in [4.69, 9.17) is 16.0 Å². The monoisotopic (exact) mass is 328 g/mol. The molecule has 0 fully saturated rings. The van der Waals surface area contributed by atoms with Gasteiger partial charge in [-0.05, 0) is 17.0 Å². The second kappa shape index (κ2) is 5.12. The average molecular weight is 329 g/mol.